The smallest absolute Gasteiger partial charge is 0.244 e. The van der Waals surface area contributed by atoms with Crippen LogP contribution in [0.5, 0.6) is 0 Å². The Morgan fingerprint density at radius 2 is 1.72 bits per heavy atom. The van der Waals surface area contributed by atoms with Gasteiger partial charge in [-0.3, -0.25) is 9.10 Å². The zero-order valence-electron chi connectivity index (χ0n) is 16.6. The first-order chi connectivity index (χ1) is 13.6. The number of anilines is 1. The normalized spacial score (nSPS) is 15.5. The molecule has 29 heavy (non-hydrogen) atoms. The Morgan fingerprint density at radius 1 is 1.03 bits per heavy atom. The van der Waals surface area contributed by atoms with Gasteiger partial charge in [0, 0.05) is 0 Å². The number of rotatable bonds is 6. The van der Waals surface area contributed by atoms with Crippen molar-refractivity contribution in [1.29, 1.82) is 0 Å². The van der Waals surface area contributed by atoms with E-state index in [1.165, 1.54) is 29.3 Å². The first kappa shape index (κ1) is 21.9. The molecule has 1 aliphatic rings. The molecule has 3 rings (SSSR count). The Hall–Kier alpha value is -1.76. The van der Waals surface area contributed by atoms with E-state index in [-0.39, 0.29) is 16.8 Å². The van der Waals surface area contributed by atoms with Crippen LogP contribution in [-0.4, -0.2) is 26.6 Å². The van der Waals surface area contributed by atoms with Gasteiger partial charge in [-0.25, -0.2) is 8.42 Å². The highest BCUT2D eigenvalue weighted by Gasteiger charge is 2.30. The topological polar surface area (TPSA) is 66.5 Å². The number of benzene rings is 2. The SMILES string of the molecule is C[C@@H](NC(=O)[C@H](C)N(c1ccc(Cl)c(Cl)c1)S(C)(=O)=O)c1ccc2c(c1)CCC2. The Kier molecular flexibility index (Phi) is 6.46. The van der Waals surface area contributed by atoms with E-state index in [1.54, 1.807) is 6.92 Å². The van der Waals surface area contributed by atoms with Crippen molar-refractivity contribution in [1.82, 2.24) is 5.32 Å². The number of hydrogen-bond acceptors (Lipinski definition) is 3. The number of aryl methyl sites for hydroxylation is 2. The van der Waals surface area contributed by atoms with Gasteiger partial charge in [0.05, 0.1) is 28.0 Å². The highest BCUT2D eigenvalue weighted by atomic mass is 35.5. The largest absolute Gasteiger partial charge is 0.348 e. The molecule has 2 aromatic rings. The van der Waals surface area contributed by atoms with E-state index in [1.807, 2.05) is 13.0 Å². The molecule has 0 radical (unpaired) electrons. The fraction of sp³-hybridized carbons (Fsp3) is 0.381. The predicted octanol–water partition coefficient (Wildman–Crippen LogP) is 4.51. The van der Waals surface area contributed by atoms with Gasteiger partial charge in [0.25, 0.3) is 0 Å². The molecule has 5 nitrogen and oxygen atoms in total. The van der Waals surface area contributed by atoms with E-state index in [0.717, 1.165) is 35.4 Å². The minimum atomic E-state index is -3.73. The van der Waals surface area contributed by atoms with Crippen molar-refractivity contribution in [2.75, 3.05) is 10.6 Å². The maximum atomic E-state index is 12.9. The third-order valence-corrected chi connectivity index (χ3v) is 7.21. The number of nitrogens with one attached hydrogen (secondary N) is 1. The molecule has 0 fully saturated rings. The first-order valence-corrected chi connectivity index (χ1v) is 12.0. The summed E-state index contributed by atoms with van der Waals surface area (Å²) in [5, 5.41) is 3.46. The van der Waals surface area contributed by atoms with Crippen LogP contribution >= 0.6 is 23.2 Å². The molecule has 1 N–H and O–H groups in total. The lowest BCUT2D eigenvalue weighted by Crippen LogP contribution is -2.48. The molecule has 0 heterocycles. The van der Waals surface area contributed by atoms with E-state index >= 15 is 0 Å². The van der Waals surface area contributed by atoms with Gasteiger partial charge >= 0.3 is 0 Å². The molecular weight excluding hydrogens is 431 g/mol. The van der Waals surface area contributed by atoms with Crippen LogP contribution < -0.4 is 9.62 Å². The Morgan fingerprint density at radius 3 is 2.38 bits per heavy atom. The molecule has 0 unspecified atom stereocenters. The second-order valence-electron chi connectivity index (χ2n) is 7.45. The molecule has 0 saturated carbocycles. The Labute approximate surface area is 182 Å². The van der Waals surface area contributed by atoms with Crippen LogP contribution in [0, 0.1) is 0 Å². The van der Waals surface area contributed by atoms with Gasteiger partial charge in [-0.15, -0.1) is 0 Å². The molecule has 8 heteroatoms. The predicted molar refractivity (Wildman–Crippen MR) is 118 cm³/mol. The maximum absolute atomic E-state index is 12.9. The van der Waals surface area contributed by atoms with E-state index in [4.69, 9.17) is 23.2 Å². The number of amides is 1. The zero-order valence-corrected chi connectivity index (χ0v) is 18.9. The quantitative estimate of drug-likeness (QED) is 0.697. The van der Waals surface area contributed by atoms with Crippen molar-refractivity contribution in [2.24, 2.45) is 0 Å². The van der Waals surface area contributed by atoms with Crippen molar-refractivity contribution >= 4 is 44.8 Å². The fourth-order valence-corrected chi connectivity index (χ4v) is 5.17. The first-order valence-electron chi connectivity index (χ1n) is 9.44. The van der Waals surface area contributed by atoms with Crippen LogP contribution in [-0.2, 0) is 27.7 Å². The minimum absolute atomic E-state index is 0.219. The molecule has 156 valence electrons. The third kappa shape index (κ3) is 4.87. The van der Waals surface area contributed by atoms with Crippen LogP contribution in [0.4, 0.5) is 5.69 Å². The highest BCUT2D eigenvalue weighted by molar-refractivity contribution is 7.92. The summed E-state index contributed by atoms with van der Waals surface area (Å²) in [7, 11) is -3.73. The molecule has 0 aliphatic heterocycles. The number of sulfonamides is 1. The van der Waals surface area contributed by atoms with Crippen molar-refractivity contribution in [3.63, 3.8) is 0 Å². The maximum Gasteiger partial charge on any atom is 0.244 e. The van der Waals surface area contributed by atoms with Crippen molar-refractivity contribution < 1.29 is 13.2 Å². The summed E-state index contributed by atoms with van der Waals surface area (Å²) >= 11 is 12.0. The lowest BCUT2D eigenvalue weighted by molar-refractivity contribution is -0.122. The highest BCUT2D eigenvalue weighted by Crippen LogP contribution is 2.30. The van der Waals surface area contributed by atoms with Gasteiger partial charge in [-0.1, -0.05) is 41.4 Å². The van der Waals surface area contributed by atoms with Gasteiger partial charge in [0.1, 0.15) is 6.04 Å². The second-order valence-corrected chi connectivity index (χ2v) is 10.1. The second kappa shape index (κ2) is 8.54. The summed E-state index contributed by atoms with van der Waals surface area (Å²) in [5.74, 6) is -0.394. The monoisotopic (exact) mass is 454 g/mol. The van der Waals surface area contributed by atoms with E-state index < -0.39 is 22.0 Å². The standard InChI is InChI=1S/C21H24Cl2N2O3S/c1-13(16-8-7-15-5-4-6-17(15)11-16)24-21(26)14(2)25(29(3,27)28)18-9-10-19(22)20(23)12-18/h7-14H,4-6H2,1-3H3,(H,24,26)/t13-,14+/m1/s1. The average Bonchev–Trinajstić information content (AvgIpc) is 3.11. The van der Waals surface area contributed by atoms with Crippen LogP contribution in [0.15, 0.2) is 36.4 Å². The Balaban J connectivity index is 1.81. The van der Waals surface area contributed by atoms with Crippen molar-refractivity contribution in [3.05, 3.63) is 63.1 Å². The molecule has 2 atom stereocenters. The summed E-state index contributed by atoms with van der Waals surface area (Å²) in [4.78, 5) is 12.9. The van der Waals surface area contributed by atoms with Gasteiger partial charge in [-0.2, -0.15) is 0 Å². The lowest BCUT2D eigenvalue weighted by Gasteiger charge is -2.29. The molecule has 0 aromatic heterocycles. The van der Waals surface area contributed by atoms with Gasteiger partial charge < -0.3 is 5.32 Å². The van der Waals surface area contributed by atoms with Crippen LogP contribution in [0.3, 0.4) is 0 Å². The third-order valence-electron chi connectivity index (χ3n) is 5.23. The number of carbonyl (C=O) groups is 1. The molecule has 0 spiro atoms. The Bertz CT molecular complexity index is 1040. The van der Waals surface area contributed by atoms with E-state index in [2.05, 4.69) is 17.4 Å². The number of hydrogen-bond donors (Lipinski definition) is 1. The molecular formula is C21H24Cl2N2O3S. The van der Waals surface area contributed by atoms with Crippen LogP contribution in [0.25, 0.3) is 0 Å². The molecule has 2 aromatic carbocycles. The number of carbonyl (C=O) groups excluding carboxylic acids is 1. The summed E-state index contributed by atoms with van der Waals surface area (Å²) in [6, 6.07) is 9.54. The van der Waals surface area contributed by atoms with Crippen LogP contribution in [0.1, 0.15) is 43.0 Å². The minimum Gasteiger partial charge on any atom is -0.348 e. The van der Waals surface area contributed by atoms with Crippen molar-refractivity contribution in [2.45, 2.75) is 45.2 Å². The summed E-state index contributed by atoms with van der Waals surface area (Å²) in [6.45, 7) is 3.44. The molecule has 1 aliphatic carbocycles. The zero-order chi connectivity index (χ0) is 21.3. The molecule has 0 saturated heterocycles. The number of fused-ring (bicyclic) bond motifs is 1. The van der Waals surface area contributed by atoms with E-state index in [0.29, 0.717) is 5.02 Å². The van der Waals surface area contributed by atoms with Crippen LogP contribution in [0.2, 0.25) is 10.0 Å². The lowest BCUT2D eigenvalue weighted by atomic mass is 10.0. The summed E-state index contributed by atoms with van der Waals surface area (Å²) in [5.41, 5.74) is 3.98. The van der Waals surface area contributed by atoms with Crippen molar-refractivity contribution in [3.8, 4) is 0 Å². The number of nitrogens with zero attached hydrogens (tertiary/aromatic N) is 1. The number of halogens is 2. The summed E-state index contributed by atoms with van der Waals surface area (Å²) < 4.78 is 25.9. The van der Waals surface area contributed by atoms with E-state index in [9.17, 15) is 13.2 Å². The summed E-state index contributed by atoms with van der Waals surface area (Å²) in [6.07, 6.45) is 4.37. The van der Waals surface area contributed by atoms with Gasteiger partial charge in [-0.05, 0) is 68.0 Å². The molecule has 1 amide bonds. The van der Waals surface area contributed by atoms with Gasteiger partial charge in [0.15, 0.2) is 0 Å². The fourth-order valence-electron chi connectivity index (χ4n) is 3.71. The van der Waals surface area contributed by atoms with Gasteiger partial charge in [0.2, 0.25) is 15.9 Å². The molecule has 0 bridgehead atoms. The average molecular weight is 455 g/mol.